The molecule has 2 atom stereocenters. The van der Waals surface area contributed by atoms with Crippen LogP contribution in [0.2, 0.25) is 0 Å². The Labute approximate surface area is 123 Å². The lowest BCUT2D eigenvalue weighted by Crippen LogP contribution is -2.56. The quantitative estimate of drug-likeness (QED) is 0.903. The van der Waals surface area contributed by atoms with Crippen molar-refractivity contribution in [2.75, 3.05) is 13.2 Å². The number of aryl methyl sites for hydroxylation is 1. The molecule has 0 aromatic carbocycles. The van der Waals surface area contributed by atoms with Crippen molar-refractivity contribution >= 4 is 11.6 Å². The number of ether oxygens (including phenoxy) is 1. The number of hydrogen-bond acceptors (Lipinski definition) is 4. The van der Waals surface area contributed by atoms with Gasteiger partial charge in [0.15, 0.2) is 0 Å². The highest BCUT2D eigenvalue weighted by Gasteiger charge is 2.34. The molecule has 0 aliphatic carbocycles. The van der Waals surface area contributed by atoms with Crippen molar-refractivity contribution in [2.45, 2.75) is 32.5 Å². The highest BCUT2D eigenvalue weighted by atomic mass is 16.5. The van der Waals surface area contributed by atoms with Crippen molar-refractivity contribution in [1.82, 2.24) is 14.3 Å². The number of carbonyl (C=O) groups excluding carboxylic acids is 1. The van der Waals surface area contributed by atoms with Crippen LogP contribution < -0.4 is 5.73 Å². The number of rotatable bonds is 3. The summed E-state index contributed by atoms with van der Waals surface area (Å²) >= 11 is 0. The van der Waals surface area contributed by atoms with Crippen LogP contribution in [0, 0.1) is 6.92 Å². The fraction of sp³-hybridized carbons (Fsp3) is 0.467. The molecule has 0 radical (unpaired) electrons. The highest BCUT2D eigenvalue weighted by molar-refractivity contribution is 5.80. The molecular weight excluding hydrogens is 268 g/mol. The monoisotopic (exact) mass is 288 g/mol. The largest absolute Gasteiger partial charge is 0.375 e. The van der Waals surface area contributed by atoms with Gasteiger partial charge in [0.1, 0.15) is 11.7 Å². The molecule has 0 bridgehead atoms. The minimum atomic E-state index is -0.394. The Balaban J connectivity index is 1.89. The van der Waals surface area contributed by atoms with Gasteiger partial charge in [-0.15, -0.1) is 0 Å². The summed E-state index contributed by atoms with van der Waals surface area (Å²) in [7, 11) is 0. The molecule has 3 rings (SSSR count). The van der Waals surface area contributed by atoms with Crippen LogP contribution in [0.15, 0.2) is 24.5 Å². The molecule has 1 amide bonds. The van der Waals surface area contributed by atoms with Gasteiger partial charge in [-0.1, -0.05) is 6.07 Å². The summed E-state index contributed by atoms with van der Waals surface area (Å²) in [4.78, 5) is 18.2. The summed E-state index contributed by atoms with van der Waals surface area (Å²) in [6.45, 7) is 5.87. The number of pyridine rings is 1. The molecule has 0 spiro atoms. The zero-order valence-corrected chi connectivity index (χ0v) is 12.3. The van der Waals surface area contributed by atoms with E-state index in [-0.39, 0.29) is 12.0 Å². The third-order valence-electron chi connectivity index (χ3n) is 3.98. The average molecular weight is 288 g/mol. The Hall–Kier alpha value is -1.92. The van der Waals surface area contributed by atoms with Gasteiger partial charge in [0.25, 0.3) is 0 Å². The van der Waals surface area contributed by atoms with E-state index in [1.54, 1.807) is 0 Å². The lowest BCUT2D eigenvalue weighted by molar-refractivity contribution is -0.136. The smallest absolute Gasteiger partial charge is 0.237 e. The standard InChI is InChI=1S/C15H20N4O2/c1-10-3-4-13-17-7-12(19(13)8-10)9-18-5-6-21-11(2)14(18)15(16)20/h3-4,7-8,11,14H,5-6,9H2,1-2H3,(H2,16,20)/t11-,14+/m1/s1. The van der Waals surface area contributed by atoms with E-state index in [9.17, 15) is 4.79 Å². The molecule has 1 saturated heterocycles. The van der Waals surface area contributed by atoms with Crippen molar-refractivity contribution in [1.29, 1.82) is 0 Å². The maximum absolute atomic E-state index is 11.7. The van der Waals surface area contributed by atoms with Gasteiger partial charge in [-0.3, -0.25) is 9.69 Å². The number of aromatic nitrogens is 2. The first-order valence-electron chi connectivity index (χ1n) is 7.14. The predicted molar refractivity (Wildman–Crippen MR) is 78.7 cm³/mol. The molecule has 6 heteroatoms. The SMILES string of the molecule is Cc1ccc2ncc(CN3CCO[C@H](C)[C@H]3C(N)=O)n2c1. The number of nitrogens with zero attached hydrogens (tertiary/aromatic N) is 3. The Bertz CT molecular complexity index is 667. The normalized spacial score (nSPS) is 23.5. The van der Waals surface area contributed by atoms with E-state index in [1.165, 1.54) is 5.56 Å². The van der Waals surface area contributed by atoms with Gasteiger partial charge in [0, 0.05) is 19.3 Å². The van der Waals surface area contributed by atoms with Gasteiger partial charge in [0.2, 0.25) is 5.91 Å². The molecule has 6 nitrogen and oxygen atoms in total. The van der Waals surface area contributed by atoms with E-state index in [4.69, 9.17) is 10.5 Å². The molecule has 0 saturated carbocycles. The summed E-state index contributed by atoms with van der Waals surface area (Å²) in [5.41, 5.74) is 8.66. The molecule has 2 N–H and O–H groups in total. The van der Waals surface area contributed by atoms with Crippen LogP contribution in [0.25, 0.3) is 5.65 Å². The van der Waals surface area contributed by atoms with Gasteiger partial charge in [-0.2, -0.15) is 0 Å². The highest BCUT2D eigenvalue weighted by Crippen LogP contribution is 2.18. The molecule has 2 aromatic heterocycles. The van der Waals surface area contributed by atoms with Crippen LogP contribution in [0.3, 0.4) is 0 Å². The summed E-state index contributed by atoms with van der Waals surface area (Å²) in [5, 5.41) is 0. The Morgan fingerprint density at radius 1 is 1.52 bits per heavy atom. The maximum atomic E-state index is 11.7. The van der Waals surface area contributed by atoms with Gasteiger partial charge in [-0.25, -0.2) is 4.98 Å². The third kappa shape index (κ3) is 2.64. The second kappa shape index (κ2) is 5.46. The lowest BCUT2D eigenvalue weighted by atomic mass is 10.1. The topological polar surface area (TPSA) is 72.9 Å². The van der Waals surface area contributed by atoms with E-state index in [2.05, 4.69) is 20.5 Å². The van der Waals surface area contributed by atoms with E-state index >= 15 is 0 Å². The minimum Gasteiger partial charge on any atom is -0.375 e. The van der Waals surface area contributed by atoms with Crippen LogP contribution in [0.5, 0.6) is 0 Å². The number of imidazole rings is 1. The van der Waals surface area contributed by atoms with Gasteiger partial charge >= 0.3 is 0 Å². The number of morpholine rings is 1. The predicted octanol–water partition coefficient (Wildman–Crippen LogP) is 0.717. The van der Waals surface area contributed by atoms with Gasteiger partial charge in [0.05, 0.1) is 24.6 Å². The van der Waals surface area contributed by atoms with Gasteiger partial charge < -0.3 is 14.9 Å². The summed E-state index contributed by atoms with van der Waals surface area (Å²) < 4.78 is 7.61. The molecule has 1 fully saturated rings. The van der Waals surface area contributed by atoms with E-state index in [0.717, 1.165) is 11.3 Å². The number of carbonyl (C=O) groups is 1. The third-order valence-corrected chi connectivity index (χ3v) is 3.98. The number of nitrogens with two attached hydrogens (primary N) is 1. The molecule has 3 heterocycles. The van der Waals surface area contributed by atoms with Crippen LogP contribution in [-0.2, 0) is 16.1 Å². The maximum Gasteiger partial charge on any atom is 0.237 e. The van der Waals surface area contributed by atoms with Crippen LogP contribution in [0.4, 0.5) is 0 Å². The fourth-order valence-corrected chi connectivity index (χ4v) is 2.93. The first kappa shape index (κ1) is 14.0. The van der Waals surface area contributed by atoms with Crippen LogP contribution in [-0.4, -0.2) is 45.5 Å². The minimum absolute atomic E-state index is 0.183. The van der Waals surface area contributed by atoms with Gasteiger partial charge in [-0.05, 0) is 25.5 Å². The Kier molecular flexibility index (Phi) is 3.65. The summed E-state index contributed by atoms with van der Waals surface area (Å²) in [5.74, 6) is -0.341. The molecule has 112 valence electrons. The number of hydrogen-bond donors (Lipinski definition) is 1. The molecule has 0 unspecified atom stereocenters. The van der Waals surface area contributed by atoms with E-state index in [1.807, 2.05) is 32.2 Å². The van der Waals surface area contributed by atoms with Crippen molar-refractivity contribution in [3.05, 3.63) is 35.8 Å². The fourth-order valence-electron chi connectivity index (χ4n) is 2.93. The van der Waals surface area contributed by atoms with Crippen molar-refractivity contribution in [3.63, 3.8) is 0 Å². The van der Waals surface area contributed by atoms with Crippen molar-refractivity contribution in [2.24, 2.45) is 5.73 Å². The van der Waals surface area contributed by atoms with Crippen molar-refractivity contribution < 1.29 is 9.53 Å². The first-order chi connectivity index (χ1) is 10.1. The van der Waals surface area contributed by atoms with Crippen LogP contribution in [0.1, 0.15) is 18.2 Å². The Morgan fingerprint density at radius 3 is 3.10 bits per heavy atom. The number of fused-ring (bicyclic) bond motifs is 1. The van der Waals surface area contributed by atoms with E-state index < -0.39 is 6.04 Å². The first-order valence-corrected chi connectivity index (χ1v) is 7.14. The van der Waals surface area contributed by atoms with Crippen LogP contribution >= 0.6 is 0 Å². The average Bonchev–Trinajstić information content (AvgIpc) is 2.81. The molecule has 21 heavy (non-hydrogen) atoms. The summed E-state index contributed by atoms with van der Waals surface area (Å²) in [6, 6.07) is 3.63. The zero-order valence-electron chi connectivity index (χ0n) is 12.3. The second-order valence-electron chi connectivity index (χ2n) is 5.58. The molecule has 1 aliphatic heterocycles. The second-order valence-corrected chi connectivity index (χ2v) is 5.58. The molecule has 1 aliphatic rings. The number of amides is 1. The van der Waals surface area contributed by atoms with Crippen molar-refractivity contribution in [3.8, 4) is 0 Å². The summed E-state index contributed by atoms with van der Waals surface area (Å²) in [6.07, 6.45) is 3.73. The molecular formula is C15H20N4O2. The number of primary amides is 1. The Morgan fingerprint density at radius 2 is 2.33 bits per heavy atom. The molecule has 2 aromatic rings. The van der Waals surface area contributed by atoms with E-state index in [0.29, 0.717) is 19.7 Å². The zero-order chi connectivity index (χ0) is 15.0. The lowest BCUT2D eigenvalue weighted by Gasteiger charge is -2.37.